The number of nitrogens with one attached hydrogen (secondary N) is 1. The van der Waals surface area contributed by atoms with Crippen LogP contribution in [0.3, 0.4) is 0 Å². The fourth-order valence-corrected chi connectivity index (χ4v) is 6.30. The van der Waals surface area contributed by atoms with Crippen molar-refractivity contribution in [1.82, 2.24) is 10.2 Å². The molecule has 8 nitrogen and oxygen atoms in total. The highest BCUT2D eigenvalue weighted by atomic mass is 32.2. The van der Waals surface area contributed by atoms with Crippen LogP contribution in [-0.4, -0.2) is 52.2 Å². The number of nitrogens with zero attached hydrogens (tertiary/aromatic N) is 1. The van der Waals surface area contributed by atoms with Gasteiger partial charge in [-0.05, 0) is 49.6 Å². The van der Waals surface area contributed by atoms with E-state index in [0.717, 1.165) is 11.1 Å². The summed E-state index contributed by atoms with van der Waals surface area (Å²) >= 11 is 1.38. The molecule has 0 bridgehead atoms. The normalized spacial score (nSPS) is 20.0. The van der Waals surface area contributed by atoms with Gasteiger partial charge in [0.25, 0.3) is 11.8 Å². The van der Waals surface area contributed by atoms with Crippen LogP contribution in [-0.2, 0) is 23.9 Å². The molecule has 9 heteroatoms. The molecule has 2 aliphatic rings. The van der Waals surface area contributed by atoms with Crippen molar-refractivity contribution in [1.29, 1.82) is 0 Å². The van der Waals surface area contributed by atoms with Crippen LogP contribution in [0.15, 0.2) is 102 Å². The van der Waals surface area contributed by atoms with Gasteiger partial charge in [-0.15, -0.1) is 0 Å². The topological polar surface area (TPSA) is 94.2 Å². The Kier molecular flexibility index (Phi) is 8.75. The van der Waals surface area contributed by atoms with E-state index in [4.69, 9.17) is 14.2 Å². The average Bonchev–Trinajstić information content (AvgIpc) is 2.99. The number of esters is 1. The van der Waals surface area contributed by atoms with E-state index < -0.39 is 34.8 Å². The number of thioether (sulfide) groups is 1. The molecule has 1 N–H and O–H groups in total. The lowest BCUT2D eigenvalue weighted by molar-refractivity contribution is -0.155. The van der Waals surface area contributed by atoms with E-state index in [1.54, 1.807) is 19.1 Å². The van der Waals surface area contributed by atoms with Crippen LogP contribution in [0.5, 0.6) is 5.75 Å². The molecule has 2 heterocycles. The van der Waals surface area contributed by atoms with Crippen molar-refractivity contribution >= 4 is 29.5 Å². The molecule has 1 fully saturated rings. The minimum atomic E-state index is -0.833. The molecule has 3 atom stereocenters. The van der Waals surface area contributed by atoms with Crippen molar-refractivity contribution in [2.75, 3.05) is 6.61 Å². The molecule has 0 aromatic heterocycles. The number of ether oxygens (including phenoxy) is 3. The molecule has 0 radical (unpaired) electrons. The lowest BCUT2D eigenvalue weighted by Crippen LogP contribution is -2.71. The average molecular weight is 573 g/mol. The molecule has 2 amide bonds. The zero-order chi connectivity index (χ0) is 28.9. The first-order chi connectivity index (χ1) is 19.8. The first kappa shape index (κ1) is 28.4. The van der Waals surface area contributed by atoms with Gasteiger partial charge in [-0.3, -0.25) is 14.5 Å². The lowest BCUT2D eigenvalue weighted by Gasteiger charge is -2.51. The smallest absolute Gasteiger partial charge is 0.356 e. The fraction of sp³-hybridized carbons (Fsp3) is 0.281. The Morgan fingerprint density at radius 3 is 2.02 bits per heavy atom. The number of amides is 2. The van der Waals surface area contributed by atoms with Crippen LogP contribution in [0.1, 0.15) is 38.0 Å². The molecule has 5 rings (SSSR count). The quantitative estimate of drug-likeness (QED) is 0.275. The Balaban J connectivity index is 1.37. The summed E-state index contributed by atoms with van der Waals surface area (Å²) in [5.74, 6) is -0.900. The maximum Gasteiger partial charge on any atom is 0.356 e. The molecule has 41 heavy (non-hydrogen) atoms. The summed E-state index contributed by atoms with van der Waals surface area (Å²) in [7, 11) is 0. The van der Waals surface area contributed by atoms with Crippen LogP contribution >= 0.6 is 11.8 Å². The first-order valence-electron chi connectivity index (χ1n) is 13.5. The molecule has 0 unspecified atom stereocenters. The standard InChI is InChI=1S/C32H32N2O6S/c1-20(2)39-32-21(3)27(31(37)40-28(22-13-7-4-8-14-22)23-15-9-5-10-16-23)34-29(36)26(30(34)41-32)33-25(35)19-38-24-17-11-6-12-18-24/h4-18,20,26,28,30,32H,19H2,1-3H3,(H,33,35)/t26-,30-,32-/m0/s1. The molecule has 212 valence electrons. The molecule has 3 aromatic carbocycles. The summed E-state index contributed by atoms with van der Waals surface area (Å²) in [5.41, 5.74) is 1.85. The van der Waals surface area contributed by atoms with Crippen molar-refractivity contribution < 1.29 is 28.6 Å². The maximum absolute atomic E-state index is 13.9. The third-order valence-electron chi connectivity index (χ3n) is 6.72. The number of hydrogen-bond donors (Lipinski definition) is 1. The van der Waals surface area contributed by atoms with Gasteiger partial charge in [0.1, 0.15) is 28.3 Å². The highest BCUT2D eigenvalue weighted by molar-refractivity contribution is 8.00. The van der Waals surface area contributed by atoms with Crippen molar-refractivity contribution in [3.05, 3.63) is 113 Å². The number of para-hydroxylation sites is 1. The van der Waals surface area contributed by atoms with Crippen LogP contribution < -0.4 is 10.1 Å². The summed E-state index contributed by atoms with van der Waals surface area (Å²) in [6.07, 6.45) is -0.805. The highest BCUT2D eigenvalue weighted by Gasteiger charge is 2.56. The Labute approximate surface area is 243 Å². The van der Waals surface area contributed by atoms with Crippen molar-refractivity contribution in [2.24, 2.45) is 0 Å². The van der Waals surface area contributed by atoms with E-state index in [0.29, 0.717) is 11.3 Å². The molecular weight excluding hydrogens is 540 g/mol. The van der Waals surface area contributed by atoms with Gasteiger partial charge in [0, 0.05) is 0 Å². The zero-order valence-electron chi connectivity index (χ0n) is 23.1. The van der Waals surface area contributed by atoms with Crippen molar-refractivity contribution in [2.45, 2.75) is 49.8 Å². The number of carbonyl (C=O) groups excluding carboxylic acids is 3. The molecular formula is C32H32N2O6S. The summed E-state index contributed by atoms with van der Waals surface area (Å²) in [6.45, 7) is 5.35. The summed E-state index contributed by atoms with van der Waals surface area (Å²) in [5, 5.41) is 2.23. The van der Waals surface area contributed by atoms with Gasteiger partial charge in [-0.2, -0.15) is 0 Å². The number of rotatable bonds is 10. The van der Waals surface area contributed by atoms with E-state index in [-0.39, 0.29) is 24.3 Å². The Morgan fingerprint density at radius 1 is 0.902 bits per heavy atom. The molecule has 0 saturated carbocycles. The van der Waals surface area contributed by atoms with E-state index in [2.05, 4.69) is 5.32 Å². The molecule has 3 aromatic rings. The number of benzene rings is 3. The second-order valence-corrected chi connectivity index (χ2v) is 11.2. The first-order valence-corrected chi connectivity index (χ1v) is 14.4. The minimum Gasteiger partial charge on any atom is -0.484 e. The Morgan fingerprint density at radius 2 is 1.46 bits per heavy atom. The number of hydrogen-bond acceptors (Lipinski definition) is 7. The predicted octanol–water partition coefficient (Wildman–Crippen LogP) is 4.82. The summed E-state index contributed by atoms with van der Waals surface area (Å²) in [4.78, 5) is 41.4. The van der Waals surface area contributed by atoms with Gasteiger partial charge < -0.3 is 19.5 Å². The Bertz CT molecular complexity index is 1370. The molecule has 0 spiro atoms. The molecule has 1 saturated heterocycles. The van der Waals surface area contributed by atoms with Crippen molar-refractivity contribution in [3.8, 4) is 5.75 Å². The highest BCUT2D eigenvalue weighted by Crippen LogP contribution is 2.45. The van der Waals surface area contributed by atoms with Gasteiger partial charge in [0.15, 0.2) is 12.7 Å². The van der Waals surface area contributed by atoms with Gasteiger partial charge >= 0.3 is 5.97 Å². The monoisotopic (exact) mass is 572 g/mol. The number of β-lactam (4-membered cyclic amide) rings is 1. The second kappa shape index (κ2) is 12.6. The summed E-state index contributed by atoms with van der Waals surface area (Å²) < 4.78 is 17.8. The van der Waals surface area contributed by atoms with E-state index >= 15 is 0 Å². The lowest BCUT2D eigenvalue weighted by atomic mass is 10.0. The largest absolute Gasteiger partial charge is 0.484 e. The number of fused-ring (bicyclic) bond motifs is 1. The third-order valence-corrected chi connectivity index (χ3v) is 8.20. The Hall–Kier alpha value is -4.08. The van der Waals surface area contributed by atoms with Crippen LogP contribution in [0.2, 0.25) is 0 Å². The second-order valence-electron chi connectivity index (χ2n) is 10.0. The minimum absolute atomic E-state index is 0.129. The molecule has 0 aliphatic carbocycles. The third kappa shape index (κ3) is 6.31. The maximum atomic E-state index is 13.9. The zero-order valence-corrected chi connectivity index (χ0v) is 23.9. The van der Waals surface area contributed by atoms with E-state index in [1.807, 2.05) is 92.7 Å². The summed E-state index contributed by atoms with van der Waals surface area (Å²) in [6, 6.07) is 27.1. The number of carbonyl (C=O) groups is 3. The van der Waals surface area contributed by atoms with Crippen molar-refractivity contribution in [3.63, 3.8) is 0 Å². The van der Waals surface area contributed by atoms with Gasteiger partial charge in [0.05, 0.1) is 6.10 Å². The predicted molar refractivity (Wildman–Crippen MR) is 156 cm³/mol. The van der Waals surface area contributed by atoms with Gasteiger partial charge in [-0.25, -0.2) is 4.79 Å². The fourth-order valence-electron chi connectivity index (χ4n) is 4.77. The van der Waals surface area contributed by atoms with Crippen LogP contribution in [0.4, 0.5) is 0 Å². The van der Waals surface area contributed by atoms with E-state index in [1.165, 1.54) is 16.7 Å². The SMILES string of the molecule is CC1=C(C(=O)OC(c2ccccc2)c2ccccc2)N2C(=O)[C@H](NC(=O)COc3ccccc3)[C@@H]2S[C@@H]1OC(C)C. The van der Waals surface area contributed by atoms with Crippen LogP contribution in [0.25, 0.3) is 0 Å². The van der Waals surface area contributed by atoms with Gasteiger partial charge in [0.2, 0.25) is 0 Å². The molecule has 2 aliphatic heterocycles. The van der Waals surface area contributed by atoms with Gasteiger partial charge in [-0.1, -0.05) is 90.6 Å². The van der Waals surface area contributed by atoms with Crippen LogP contribution in [0, 0.1) is 0 Å². The van der Waals surface area contributed by atoms with E-state index in [9.17, 15) is 14.4 Å².